The van der Waals surface area contributed by atoms with Crippen LogP contribution in [0.5, 0.6) is 0 Å². The summed E-state index contributed by atoms with van der Waals surface area (Å²) < 4.78 is 40.5. The Labute approximate surface area is 99.4 Å². The molecule has 0 aromatic heterocycles. The number of halogens is 4. The second kappa shape index (κ2) is 5.16. The maximum atomic E-state index is 13.4. The lowest BCUT2D eigenvalue weighted by Gasteiger charge is -2.24. The third kappa shape index (κ3) is 2.75. The van der Waals surface area contributed by atoms with Crippen LogP contribution in [0.2, 0.25) is 0 Å². The van der Waals surface area contributed by atoms with Gasteiger partial charge in [0.2, 0.25) is 0 Å². The molecule has 1 aromatic carbocycles. The second-order valence-corrected chi connectivity index (χ2v) is 4.29. The molecular weight excluding hydrogens is 287 g/mol. The highest BCUT2D eigenvalue weighted by molar-refractivity contribution is 9.10. The molecule has 1 unspecified atom stereocenters. The van der Waals surface area contributed by atoms with Gasteiger partial charge < -0.3 is 10.8 Å². The molecule has 0 aliphatic heterocycles. The van der Waals surface area contributed by atoms with Crippen LogP contribution in [0.3, 0.4) is 0 Å². The quantitative estimate of drug-likeness (QED) is 0.895. The maximum absolute atomic E-state index is 13.4. The number of hydrogen-bond donors (Lipinski definition) is 2. The molecule has 16 heavy (non-hydrogen) atoms. The van der Waals surface area contributed by atoms with Crippen LogP contribution >= 0.6 is 15.9 Å². The third-order valence-corrected chi connectivity index (χ3v) is 2.78. The van der Waals surface area contributed by atoms with Gasteiger partial charge in [-0.05, 0) is 23.8 Å². The number of hydrogen-bond acceptors (Lipinski definition) is 2. The van der Waals surface area contributed by atoms with E-state index in [4.69, 9.17) is 10.8 Å². The molecule has 3 N–H and O–H groups in total. The van der Waals surface area contributed by atoms with E-state index in [2.05, 4.69) is 15.9 Å². The molecule has 0 radical (unpaired) electrons. The van der Waals surface area contributed by atoms with E-state index in [1.54, 1.807) is 0 Å². The van der Waals surface area contributed by atoms with Crippen LogP contribution in [0, 0.1) is 5.82 Å². The van der Waals surface area contributed by atoms with Gasteiger partial charge in [0.25, 0.3) is 5.92 Å². The molecule has 0 bridgehead atoms. The molecule has 0 heterocycles. The van der Waals surface area contributed by atoms with Crippen molar-refractivity contribution in [3.63, 3.8) is 0 Å². The first-order valence-electron chi connectivity index (χ1n) is 4.56. The molecule has 0 spiro atoms. The fourth-order valence-corrected chi connectivity index (χ4v) is 1.80. The van der Waals surface area contributed by atoms with Crippen molar-refractivity contribution in [3.8, 4) is 0 Å². The molecule has 0 amide bonds. The highest BCUT2D eigenvalue weighted by Crippen LogP contribution is 2.34. The SMILES string of the molecule is NCC(c1cc(Br)ccc1F)C(F)(F)CO. The topological polar surface area (TPSA) is 46.2 Å². The van der Waals surface area contributed by atoms with Gasteiger partial charge in [-0.3, -0.25) is 0 Å². The Kier molecular flexibility index (Phi) is 4.35. The van der Waals surface area contributed by atoms with Crippen molar-refractivity contribution < 1.29 is 18.3 Å². The molecule has 0 aliphatic rings. The van der Waals surface area contributed by atoms with Crippen molar-refractivity contribution in [2.45, 2.75) is 11.8 Å². The predicted molar refractivity (Wildman–Crippen MR) is 57.9 cm³/mol. The molecule has 1 rings (SSSR count). The van der Waals surface area contributed by atoms with E-state index in [0.717, 1.165) is 6.07 Å². The maximum Gasteiger partial charge on any atom is 0.278 e. The van der Waals surface area contributed by atoms with Crippen LogP contribution in [0.15, 0.2) is 22.7 Å². The fraction of sp³-hybridized carbons (Fsp3) is 0.400. The average molecular weight is 298 g/mol. The first-order valence-corrected chi connectivity index (χ1v) is 5.35. The largest absolute Gasteiger partial charge is 0.390 e. The summed E-state index contributed by atoms with van der Waals surface area (Å²) in [4.78, 5) is 0. The number of rotatable bonds is 4. The lowest BCUT2D eigenvalue weighted by Crippen LogP contribution is -2.36. The monoisotopic (exact) mass is 297 g/mol. The molecule has 6 heteroatoms. The Balaban J connectivity index is 3.18. The fourth-order valence-electron chi connectivity index (χ4n) is 1.42. The molecule has 0 aliphatic carbocycles. The van der Waals surface area contributed by atoms with Gasteiger partial charge in [0.05, 0.1) is 5.92 Å². The van der Waals surface area contributed by atoms with Crippen LogP contribution in [0.1, 0.15) is 11.5 Å². The lowest BCUT2D eigenvalue weighted by atomic mass is 9.92. The Bertz CT molecular complexity index is 373. The van der Waals surface area contributed by atoms with Crippen LogP contribution in [-0.4, -0.2) is 24.2 Å². The van der Waals surface area contributed by atoms with E-state index < -0.39 is 30.8 Å². The zero-order chi connectivity index (χ0) is 12.3. The summed E-state index contributed by atoms with van der Waals surface area (Å²) in [5, 5.41) is 8.58. The molecule has 0 saturated heterocycles. The van der Waals surface area contributed by atoms with Crippen LogP contribution in [-0.2, 0) is 0 Å². The average Bonchev–Trinajstić information content (AvgIpc) is 2.24. The number of benzene rings is 1. The Morgan fingerprint density at radius 2 is 2.06 bits per heavy atom. The zero-order valence-electron chi connectivity index (χ0n) is 8.26. The first kappa shape index (κ1) is 13.5. The van der Waals surface area contributed by atoms with Gasteiger partial charge in [-0.2, -0.15) is 0 Å². The van der Waals surface area contributed by atoms with E-state index >= 15 is 0 Å². The summed E-state index contributed by atoms with van der Waals surface area (Å²) in [6.45, 7) is -1.80. The van der Waals surface area contributed by atoms with E-state index in [-0.39, 0.29) is 5.56 Å². The smallest absolute Gasteiger partial charge is 0.278 e. The Morgan fingerprint density at radius 3 is 2.56 bits per heavy atom. The molecule has 1 atom stereocenters. The van der Waals surface area contributed by atoms with E-state index in [1.165, 1.54) is 12.1 Å². The number of nitrogens with two attached hydrogens (primary N) is 1. The van der Waals surface area contributed by atoms with Crippen LogP contribution in [0.4, 0.5) is 13.2 Å². The number of aliphatic hydroxyl groups is 1. The molecule has 90 valence electrons. The van der Waals surface area contributed by atoms with Crippen molar-refractivity contribution in [2.24, 2.45) is 5.73 Å². The minimum absolute atomic E-state index is 0.198. The molecule has 1 aromatic rings. The zero-order valence-corrected chi connectivity index (χ0v) is 9.85. The van der Waals surface area contributed by atoms with Gasteiger partial charge in [0, 0.05) is 11.0 Å². The van der Waals surface area contributed by atoms with Crippen molar-refractivity contribution in [1.29, 1.82) is 0 Å². The van der Waals surface area contributed by atoms with Crippen molar-refractivity contribution >= 4 is 15.9 Å². The Hall–Kier alpha value is -0.590. The van der Waals surface area contributed by atoms with E-state index in [0.29, 0.717) is 4.47 Å². The first-order chi connectivity index (χ1) is 7.42. The van der Waals surface area contributed by atoms with Gasteiger partial charge in [0.15, 0.2) is 0 Å². The molecule has 0 saturated carbocycles. The van der Waals surface area contributed by atoms with Crippen molar-refractivity contribution in [1.82, 2.24) is 0 Å². The summed E-state index contributed by atoms with van der Waals surface area (Å²) in [6, 6.07) is 3.73. The predicted octanol–water partition coefficient (Wildman–Crippen LogP) is 2.26. The summed E-state index contributed by atoms with van der Waals surface area (Å²) in [5.41, 5.74) is 5.01. The van der Waals surface area contributed by atoms with Gasteiger partial charge >= 0.3 is 0 Å². The summed E-state index contributed by atoms with van der Waals surface area (Å²) in [5.74, 6) is -5.72. The summed E-state index contributed by atoms with van der Waals surface area (Å²) in [6.07, 6.45) is 0. The van der Waals surface area contributed by atoms with Gasteiger partial charge in [-0.15, -0.1) is 0 Å². The van der Waals surface area contributed by atoms with E-state index in [9.17, 15) is 13.2 Å². The van der Waals surface area contributed by atoms with Gasteiger partial charge in [0.1, 0.15) is 12.4 Å². The second-order valence-electron chi connectivity index (χ2n) is 3.37. The summed E-state index contributed by atoms with van der Waals surface area (Å²) in [7, 11) is 0. The molecule has 0 fully saturated rings. The molecule has 2 nitrogen and oxygen atoms in total. The number of alkyl halides is 2. The van der Waals surface area contributed by atoms with Gasteiger partial charge in [-0.1, -0.05) is 15.9 Å². The van der Waals surface area contributed by atoms with Gasteiger partial charge in [-0.25, -0.2) is 13.2 Å². The number of aliphatic hydroxyl groups excluding tert-OH is 1. The highest BCUT2D eigenvalue weighted by atomic mass is 79.9. The van der Waals surface area contributed by atoms with Crippen LogP contribution in [0.25, 0.3) is 0 Å². The third-order valence-electron chi connectivity index (χ3n) is 2.29. The Morgan fingerprint density at radius 1 is 1.44 bits per heavy atom. The highest BCUT2D eigenvalue weighted by Gasteiger charge is 2.40. The minimum Gasteiger partial charge on any atom is -0.390 e. The van der Waals surface area contributed by atoms with Crippen LogP contribution < -0.4 is 5.73 Å². The molecular formula is C10H11BrF3NO. The summed E-state index contributed by atoms with van der Waals surface area (Å²) >= 11 is 3.07. The normalized spacial score (nSPS) is 13.9. The van der Waals surface area contributed by atoms with E-state index in [1.807, 2.05) is 0 Å². The van der Waals surface area contributed by atoms with Crippen molar-refractivity contribution in [2.75, 3.05) is 13.2 Å². The standard InChI is InChI=1S/C10H11BrF3NO/c11-6-1-2-9(12)7(3-6)8(4-15)10(13,14)5-16/h1-3,8,16H,4-5,15H2. The van der Waals surface area contributed by atoms with Crippen molar-refractivity contribution in [3.05, 3.63) is 34.1 Å². The minimum atomic E-state index is -3.43. The lowest BCUT2D eigenvalue weighted by molar-refractivity contribution is -0.0709.